The van der Waals surface area contributed by atoms with Crippen LogP contribution in [-0.2, 0) is 9.59 Å². The molecule has 0 heterocycles. The van der Waals surface area contributed by atoms with Gasteiger partial charge in [-0.2, -0.15) is 0 Å². The minimum absolute atomic E-state index is 0.0362. The zero-order valence-electron chi connectivity index (χ0n) is 14.9. The summed E-state index contributed by atoms with van der Waals surface area (Å²) in [6, 6.07) is 5.58. The average Bonchev–Trinajstić information content (AvgIpc) is 2.60. The van der Waals surface area contributed by atoms with Gasteiger partial charge in [0.2, 0.25) is 11.8 Å². The lowest BCUT2D eigenvalue weighted by molar-refractivity contribution is -0.384. The summed E-state index contributed by atoms with van der Waals surface area (Å²) in [5.41, 5.74) is 0.438. The van der Waals surface area contributed by atoms with Gasteiger partial charge in [0.05, 0.1) is 4.92 Å². The molecule has 0 bridgehead atoms. The molecule has 7 heteroatoms. The Labute approximate surface area is 148 Å². The lowest BCUT2D eigenvalue weighted by Crippen LogP contribution is -2.29. The second-order valence-electron chi connectivity index (χ2n) is 6.07. The fourth-order valence-electron chi connectivity index (χ4n) is 2.41. The van der Waals surface area contributed by atoms with Crippen molar-refractivity contribution < 1.29 is 14.5 Å². The molecule has 1 aromatic rings. The minimum Gasteiger partial charge on any atom is -0.356 e. The number of hydrogen-bond donors (Lipinski definition) is 2. The summed E-state index contributed by atoms with van der Waals surface area (Å²) in [5, 5.41) is 16.1. The van der Waals surface area contributed by atoms with Gasteiger partial charge in [0.25, 0.3) is 5.69 Å². The van der Waals surface area contributed by atoms with Gasteiger partial charge < -0.3 is 10.6 Å². The molecule has 0 saturated heterocycles. The standard InChI is InChI=1S/C18H27N3O4/c1-3-5-6-14(4-2)13-19-17(22)11-12-18(23)20-15-7-9-16(10-8-15)21(24)25/h7-10,14H,3-6,11-13H2,1-2H3,(H,19,22)(H,20,23)/t14-/m0/s1. The van der Waals surface area contributed by atoms with Crippen molar-refractivity contribution in [2.45, 2.75) is 52.4 Å². The van der Waals surface area contributed by atoms with Crippen molar-refractivity contribution in [3.05, 3.63) is 34.4 Å². The number of anilines is 1. The predicted molar refractivity (Wildman–Crippen MR) is 97.3 cm³/mol. The number of hydrogen-bond acceptors (Lipinski definition) is 4. The van der Waals surface area contributed by atoms with Crippen LogP contribution in [0.25, 0.3) is 0 Å². The molecule has 0 radical (unpaired) electrons. The van der Waals surface area contributed by atoms with Gasteiger partial charge in [-0.05, 0) is 24.5 Å². The van der Waals surface area contributed by atoms with Crippen LogP contribution in [0.2, 0.25) is 0 Å². The highest BCUT2D eigenvalue weighted by Crippen LogP contribution is 2.15. The van der Waals surface area contributed by atoms with Crippen LogP contribution in [0, 0.1) is 16.0 Å². The molecular formula is C18H27N3O4. The average molecular weight is 349 g/mol. The number of carbonyl (C=O) groups excluding carboxylic acids is 2. The quantitative estimate of drug-likeness (QED) is 0.470. The van der Waals surface area contributed by atoms with Crippen LogP contribution in [0.1, 0.15) is 52.4 Å². The Morgan fingerprint density at radius 3 is 2.32 bits per heavy atom. The Morgan fingerprint density at radius 1 is 1.12 bits per heavy atom. The van der Waals surface area contributed by atoms with Crippen LogP contribution in [0.5, 0.6) is 0 Å². The first-order valence-corrected chi connectivity index (χ1v) is 8.77. The summed E-state index contributed by atoms with van der Waals surface area (Å²) in [5.74, 6) is 0.0636. The number of nitrogens with zero attached hydrogens (tertiary/aromatic N) is 1. The molecule has 0 unspecified atom stereocenters. The van der Waals surface area contributed by atoms with Gasteiger partial charge in [-0.25, -0.2) is 0 Å². The zero-order chi connectivity index (χ0) is 18.7. The van der Waals surface area contributed by atoms with Gasteiger partial charge in [0.15, 0.2) is 0 Å². The van der Waals surface area contributed by atoms with E-state index in [4.69, 9.17) is 0 Å². The monoisotopic (exact) mass is 349 g/mol. The smallest absolute Gasteiger partial charge is 0.269 e. The first kappa shape index (κ1) is 20.6. The van der Waals surface area contributed by atoms with Crippen LogP contribution in [-0.4, -0.2) is 23.3 Å². The normalized spacial score (nSPS) is 11.6. The van der Waals surface area contributed by atoms with E-state index in [-0.39, 0.29) is 30.3 Å². The molecule has 2 N–H and O–H groups in total. The van der Waals surface area contributed by atoms with Crippen molar-refractivity contribution in [3.63, 3.8) is 0 Å². The largest absolute Gasteiger partial charge is 0.356 e. The topological polar surface area (TPSA) is 101 Å². The number of benzene rings is 1. The number of amides is 2. The maximum Gasteiger partial charge on any atom is 0.269 e. The van der Waals surface area contributed by atoms with E-state index in [1.807, 2.05) is 0 Å². The van der Waals surface area contributed by atoms with E-state index in [0.717, 1.165) is 25.7 Å². The first-order valence-electron chi connectivity index (χ1n) is 8.77. The number of unbranched alkanes of at least 4 members (excludes halogenated alkanes) is 1. The number of rotatable bonds is 11. The fourth-order valence-corrected chi connectivity index (χ4v) is 2.41. The van der Waals surface area contributed by atoms with Crippen molar-refractivity contribution in [2.75, 3.05) is 11.9 Å². The third-order valence-electron chi connectivity index (χ3n) is 4.07. The number of carbonyl (C=O) groups is 2. The first-order chi connectivity index (χ1) is 12.0. The summed E-state index contributed by atoms with van der Waals surface area (Å²) in [4.78, 5) is 33.8. The molecule has 0 aromatic heterocycles. The molecule has 2 amide bonds. The number of nitro groups is 1. The fraction of sp³-hybridized carbons (Fsp3) is 0.556. The second-order valence-corrected chi connectivity index (χ2v) is 6.07. The van der Waals surface area contributed by atoms with Crippen molar-refractivity contribution in [1.82, 2.24) is 5.32 Å². The van der Waals surface area contributed by atoms with Crippen molar-refractivity contribution >= 4 is 23.2 Å². The van der Waals surface area contributed by atoms with Gasteiger partial charge in [0.1, 0.15) is 0 Å². The molecular weight excluding hydrogens is 322 g/mol. The van der Waals surface area contributed by atoms with E-state index in [2.05, 4.69) is 24.5 Å². The van der Waals surface area contributed by atoms with E-state index in [1.54, 1.807) is 0 Å². The molecule has 0 aliphatic heterocycles. The van der Waals surface area contributed by atoms with Crippen LogP contribution in [0.3, 0.4) is 0 Å². The lowest BCUT2D eigenvalue weighted by Gasteiger charge is -2.15. The third kappa shape index (κ3) is 8.28. The van der Waals surface area contributed by atoms with Crippen molar-refractivity contribution in [2.24, 2.45) is 5.92 Å². The molecule has 1 aromatic carbocycles. The summed E-state index contributed by atoms with van der Waals surface area (Å²) in [6.45, 7) is 4.91. The minimum atomic E-state index is -0.500. The van der Waals surface area contributed by atoms with Gasteiger partial charge in [-0.3, -0.25) is 19.7 Å². The molecule has 0 fully saturated rings. The molecule has 138 valence electrons. The van der Waals surface area contributed by atoms with Gasteiger partial charge in [0, 0.05) is 37.2 Å². The number of non-ortho nitro benzene ring substituents is 1. The van der Waals surface area contributed by atoms with E-state index in [1.165, 1.54) is 24.3 Å². The SMILES string of the molecule is CCCC[C@H](CC)CNC(=O)CCC(=O)Nc1ccc([N+](=O)[O-])cc1. The summed E-state index contributed by atoms with van der Waals surface area (Å²) >= 11 is 0. The molecule has 0 aliphatic carbocycles. The molecule has 0 spiro atoms. The highest BCUT2D eigenvalue weighted by atomic mass is 16.6. The zero-order valence-corrected chi connectivity index (χ0v) is 14.9. The van der Waals surface area contributed by atoms with Gasteiger partial charge in [-0.1, -0.05) is 33.1 Å². The molecule has 25 heavy (non-hydrogen) atoms. The maximum absolute atomic E-state index is 11.8. The van der Waals surface area contributed by atoms with Gasteiger partial charge in [-0.15, -0.1) is 0 Å². The Morgan fingerprint density at radius 2 is 1.76 bits per heavy atom. The van der Waals surface area contributed by atoms with Gasteiger partial charge >= 0.3 is 0 Å². The van der Waals surface area contributed by atoms with Crippen LogP contribution < -0.4 is 10.6 Å². The second kappa shape index (κ2) is 11.2. The highest BCUT2D eigenvalue weighted by molar-refractivity contribution is 5.93. The Hall–Kier alpha value is -2.44. The van der Waals surface area contributed by atoms with E-state index in [0.29, 0.717) is 18.2 Å². The summed E-state index contributed by atoms with van der Waals surface area (Å²) in [7, 11) is 0. The molecule has 1 atom stereocenters. The maximum atomic E-state index is 11.8. The van der Waals surface area contributed by atoms with E-state index < -0.39 is 4.92 Å². The lowest BCUT2D eigenvalue weighted by atomic mass is 9.99. The summed E-state index contributed by atoms with van der Waals surface area (Å²) in [6.07, 6.45) is 4.64. The highest BCUT2D eigenvalue weighted by Gasteiger charge is 2.11. The van der Waals surface area contributed by atoms with Crippen molar-refractivity contribution in [1.29, 1.82) is 0 Å². The Balaban J connectivity index is 2.30. The predicted octanol–water partition coefficient (Wildman–Crippen LogP) is 3.65. The number of nitro benzene ring substituents is 1. The molecule has 0 saturated carbocycles. The Bertz CT molecular complexity index is 572. The van der Waals surface area contributed by atoms with Crippen LogP contribution in [0.4, 0.5) is 11.4 Å². The van der Waals surface area contributed by atoms with E-state index in [9.17, 15) is 19.7 Å². The number of nitrogens with one attached hydrogen (secondary N) is 2. The molecule has 7 nitrogen and oxygen atoms in total. The molecule has 0 aliphatic rings. The van der Waals surface area contributed by atoms with Crippen LogP contribution in [0.15, 0.2) is 24.3 Å². The molecule has 1 rings (SSSR count). The van der Waals surface area contributed by atoms with E-state index >= 15 is 0 Å². The third-order valence-corrected chi connectivity index (χ3v) is 4.07. The van der Waals surface area contributed by atoms with Crippen LogP contribution >= 0.6 is 0 Å². The Kier molecular flexibility index (Phi) is 9.21. The summed E-state index contributed by atoms with van der Waals surface area (Å²) < 4.78 is 0. The van der Waals surface area contributed by atoms with Crippen molar-refractivity contribution in [3.8, 4) is 0 Å².